The molecule has 3 aromatic rings. The van der Waals surface area contributed by atoms with Crippen LogP contribution in [0.2, 0.25) is 0 Å². The SMILES string of the molecule is CCCCCCCCCCCCOc1ccc(CN(Cc2cccc[n+]2C)C(=O)c2ccccc2OC)cc1C(C)(C)C. The van der Waals surface area contributed by atoms with Gasteiger partial charge in [0.1, 0.15) is 25.1 Å². The molecule has 0 bridgehead atoms. The number of ether oxygens (including phenoxy) is 2. The molecule has 2 aromatic carbocycles. The number of aromatic nitrogens is 1. The Hall–Kier alpha value is -3.34. The number of hydrogen-bond acceptors (Lipinski definition) is 3. The standard InChI is InChI=1S/C38H55N2O3/c1-7-8-9-10-11-12-13-14-15-20-27-43-36-25-24-31(28-34(36)38(2,3)4)29-40(30-32-21-18-19-26-39(32)5)37(41)33-22-16-17-23-35(33)42-6/h16-19,21-26,28H,7-15,20,27,29-30H2,1-6H3/q+1. The van der Waals surface area contributed by atoms with Crippen LogP contribution in [0.25, 0.3) is 0 Å². The average molecular weight is 588 g/mol. The molecule has 0 N–H and O–H groups in total. The van der Waals surface area contributed by atoms with Gasteiger partial charge in [-0.05, 0) is 47.2 Å². The largest absolute Gasteiger partial charge is 0.496 e. The lowest BCUT2D eigenvalue weighted by molar-refractivity contribution is -0.680. The van der Waals surface area contributed by atoms with Crippen LogP contribution in [0.5, 0.6) is 11.5 Å². The Balaban J connectivity index is 1.69. The van der Waals surface area contributed by atoms with Crippen molar-refractivity contribution in [1.29, 1.82) is 0 Å². The van der Waals surface area contributed by atoms with Crippen molar-refractivity contribution in [2.75, 3.05) is 13.7 Å². The van der Waals surface area contributed by atoms with Gasteiger partial charge in [-0.2, -0.15) is 0 Å². The van der Waals surface area contributed by atoms with E-state index in [1.807, 2.05) is 54.5 Å². The first-order chi connectivity index (χ1) is 20.7. The molecule has 5 nitrogen and oxygen atoms in total. The summed E-state index contributed by atoms with van der Waals surface area (Å²) in [6, 6.07) is 20.0. The maximum Gasteiger partial charge on any atom is 0.258 e. The molecule has 0 aliphatic carbocycles. The minimum atomic E-state index is -0.0908. The minimum Gasteiger partial charge on any atom is -0.496 e. The van der Waals surface area contributed by atoms with E-state index < -0.39 is 0 Å². The number of unbranched alkanes of at least 4 members (excludes halogenated alkanes) is 9. The van der Waals surface area contributed by atoms with Crippen LogP contribution in [0.1, 0.15) is 119 Å². The van der Waals surface area contributed by atoms with E-state index in [0.29, 0.717) is 24.4 Å². The lowest BCUT2D eigenvalue weighted by Gasteiger charge is -2.26. The Labute approximate surface area is 261 Å². The highest BCUT2D eigenvalue weighted by Gasteiger charge is 2.25. The fraction of sp³-hybridized carbons (Fsp3) is 0.526. The summed E-state index contributed by atoms with van der Waals surface area (Å²) in [6.45, 7) is 10.6. The maximum atomic E-state index is 13.9. The fourth-order valence-electron chi connectivity index (χ4n) is 5.49. The third-order valence-corrected chi connectivity index (χ3v) is 8.12. The first-order valence-electron chi connectivity index (χ1n) is 16.4. The lowest BCUT2D eigenvalue weighted by Crippen LogP contribution is -2.39. The Morgan fingerprint density at radius 3 is 2.09 bits per heavy atom. The second-order valence-electron chi connectivity index (χ2n) is 12.8. The number of carbonyl (C=O) groups excluding carboxylic acids is 1. The molecular formula is C38H55N2O3+. The molecule has 5 heteroatoms. The zero-order valence-corrected chi connectivity index (χ0v) is 27.7. The summed E-state index contributed by atoms with van der Waals surface area (Å²) >= 11 is 0. The average Bonchev–Trinajstić information content (AvgIpc) is 3.00. The van der Waals surface area contributed by atoms with Gasteiger partial charge in [-0.25, -0.2) is 4.57 Å². The Morgan fingerprint density at radius 1 is 0.791 bits per heavy atom. The highest BCUT2D eigenvalue weighted by atomic mass is 16.5. The molecule has 43 heavy (non-hydrogen) atoms. The molecule has 0 aliphatic rings. The molecule has 1 aromatic heterocycles. The Morgan fingerprint density at radius 2 is 1.44 bits per heavy atom. The smallest absolute Gasteiger partial charge is 0.258 e. The molecule has 0 spiro atoms. The molecular weight excluding hydrogens is 532 g/mol. The predicted octanol–water partition coefficient (Wildman–Crippen LogP) is 8.96. The van der Waals surface area contributed by atoms with E-state index in [9.17, 15) is 4.79 Å². The molecule has 3 rings (SSSR count). The molecule has 0 radical (unpaired) electrons. The monoisotopic (exact) mass is 587 g/mol. The number of carbonyl (C=O) groups is 1. The number of hydrogen-bond donors (Lipinski definition) is 0. The topological polar surface area (TPSA) is 42.7 Å². The number of para-hydroxylation sites is 1. The zero-order valence-electron chi connectivity index (χ0n) is 27.7. The van der Waals surface area contributed by atoms with Gasteiger partial charge in [0.05, 0.1) is 19.3 Å². The van der Waals surface area contributed by atoms with Gasteiger partial charge in [0, 0.05) is 18.7 Å². The van der Waals surface area contributed by atoms with Crippen molar-refractivity contribution in [3.63, 3.8) is 0 Å². The molecule has 0 atom stereocenters. The van der Waals surface area contributed by atoms with Crippen molar-refractivity contribution >= 4 is 5.91 Å². The van der Waals surface area contributed by atoms with Gasteiger partial charge in [0.25, 0.3) is 5.91 Å². The highest BCUT2D eigenvalue weighted by molar-refractivity contribution is 5.96. The van der Waals surface area contributed by atoms with Gasteiger partial charge in [0.2, 0.25) is 5.69 Å². The van der Waals surface area contributed by atoms with Crippen LogP contribution in [0.3, 0.4) is 0 Å². The summed E-state index contributed by atoms with van der Waals surface area (Å²) in [5, 5.41) is 0. The molecule has 0 saturated carbocycles. The Bertz CT molecular complexity index is 1260. The first kappa shape index (κ1) is 34.2. The molecule has 1 amide bonds. The normalized spacial score (nSPS) is 11.4. The minimum absolute atomic E-state index is 0.0557. The molecule has 0 saturated heterocycles. The molecule has 1 heterocycles. The lowest BCUT2D eigenvalue weighted by atomic mass is 9.85. The Kier molecular flexibility index (Phi) is 14.1. The number of pyridine rings is 1. The van der Waals surface area contributed by atoms with E-state index in [4.69, 9.17) is 9.47 Å². The van der Waals surface area contributed by atoms with Gasteiger partial charge < -0.3 is 14.4 Å². The van der Waals surface area contributed by atoms with E-state index in [2.05, 4.69) is 56.5 Å². The predicted molar refractivity (Wildman–Crippen MR) is 177 cm³/mol. The van der Waals surface area contributed by atoms with Crippen LogP contribution in [-0.2, 0) is 25.6 Å². The second-order valence-corrected chi connectivity index (χ2v) is 12.8. The van der Waals surface area contributed by atoms with Crippen molar-refractivity contribution in [1.82, 2.24) is 4.90 Å². The second kappa shape index (κ2) is 17.7. The number of benzene rings is 2. The van der Waals surface area contributed by atoms with Crippen molar-refractivity contribution in [3.05, 3.63) is 89.2 Å². The van der Waals surface area contributed by atoms with E-state index in [-0.39, 0.29) is 11.3 Å². The quantitative estimate of drug-likeness (QED) is 0.110. The van der Waals surface area contributed by atoms with Gasteiger partial charge in [-0.15, -0.1) is 0 Å². The summed E-state index contributed by atoms with van der Waals surface area (Å²) in [7, 11) is 3.62. The van der Waals surface area contributed by atoms with Crippen LogP contribution in [0.15, 0.2) is 66.9 Å². The van der Waals surface area contributed by atoms with Crippen LogP contribution >= 0.6 is 0 Å². The van der Waals surface area contributed by atoms with Crippen LogP contribution in [0, 0.1) is 0 Å². The van der Waals surface area contributed by atoms with Crippen molar-refractivity contribution < 1.29 is 18.8 Å². The molecule has 234 valence electrons. The molecule has 0 fully saturated rings. The molecule has 0 unspecified atom stereocenters. The summed E-state index contributed by atoms with van der Waals surface area (Å²) in [6.07, 6.45) is 15.1. The number of nitrogens with zero attached hydrogens (tertiary/aromatic N) is 2. The zero-order chi connectivity index (χ0) is 31.1. The summed E-state index contributed by atoms with van der Waals surface area (Å²) in [5.41, 5.74) is 3.78. The van der Waals surface area contributed by atoms with Crippen molar-refractivity contribution in [2.24, 2.45) is 7.05 Å². The number of aryl methyl sites for hydroxylation is 1. The van der Waals surface area contributed by atoms with E-state index in [0.717, 1.165) is 30.0 Å². The van der Waals surface area contributed by atoms with Crippen molar-refractivity contribution in [2.45, 2.75) is 110 Å². The summed E-state index contributed by atoms with van der Waals surface area (Å²) in [4.78, 5) is 15.8. The van der Waals surface area contributed by atoms with Gasteiger partial charge in [0.15, 0.2) is 6.20 Å². The molecule has 0 aliphatic heterocycles. The highest BCUT2D eigenvalue weighted by Crippen LogP contribution is 2.33. The third kappa shape index (κ3) is 11.0. The van der Waals surface area contributed by atoms with Crippen LogP contribution in [-0.4, -0.2) is 24.5 Å². The first-order valence-corrected chi connectivity index (χ1v) is 16.4. The third-order valence-electron chi connectivity index (χ3n) is 8.12. The number of methoxy groups -OCH3 is 1. The van der Waals surface area contributed by atoms with E-state index in [1.165, 1.54) is 63.4 Å². The van der Waals surface area contributed by atoms with E-state index >= 15 is 0 Å². The summed E-state index contributed by atoms with van der Waals surface area (Å²) in [5.74, 6) is 1.48. The summed E-state index contributed by atoms with van der Waals surface area (Å²) < 4.78 is 14.0. The fourth-order valence-corrected chi connectivity index (χ4v) is 5.49. The van der Waals surface area contributed by atoms with Crippen LogP contribution in [0.4, 0.5) is 0 Å². The van der Waals surface area contributed by atoms with Crippen molar-refractivity contribution in [3.8, 4) is 11.5 Å². The van der Waals surface area contributed by atoms with Crippen LogP contribution < -0.4 is 14.0 Å². The number of rotatable bonds is 18. The maximum absolute atomic E-state index is 13.9. The number of amides is 1. The van der Waals surface area contributed by atoms with E-state index in [1.54, 1.807) is 7.11 Å². The van der Waals surface area contributed by atoms with Gasteiger partial charge in [-0.1, -0.05) is 110 Å². The van der Waals surface area contributed by atoms with Gasteiger partial charge in [-0.3, -0.25) is 4.79 Å². The van der Waals surface area contributed by atoms with Gasteiger partial charge >= 0.3 is 0 Å².